The van der Waals surface area contributed by atoms with Crippen molar-refractivity contribution >= 4 is 24.2 Å². The molecular formula is C14H20ClN3O2. The number of piperidine rings is 1. The lowest BCUT2D eigenvalue weighted by atomic mass is 9.95. The van der Waals surface area contributed by atoms with Crippen molar-refractivity contribution in [2.24, 2.45) is 11.7 Å². The maximum atomic E-state index is 12.1. The van der Waals surface area contributed by atoms with Gasteiger partial charge in [0.05, 0.1) is 0 Å². The number of amides is 2. The van der Waals surface area contributed by atoms with E-state index in [1.807, 2.05) is 0 Å². The second-order valence-electron chi connectivity index (χ2n) is 4.99. The molecule has 2 rings (SSSR count). The minimum atomic E-state index is -0.487. The van der Waals surface area contributed by atoms with Gasteiger partial charge in [0.1, 0.15) is 0 Å². The van der Waals surface area contributed by atoms with Gasteiger partial charge in [-0.1, -0.05) is 6.92 Å². The van der Waals surface area contributed by atoms with Gasteiger partial charge < -0.3 is 16.4 Å². The van der Waals surface area contributed by atoms with Gasteiger partial charge >= 0.3 is 0 Å². The highest BCUT2D eigenvalue weighted by Gasteiger charge is 2.22. The SMILES string of the molecule is CC1CNCCC1NC(=O)c1ccc(C(N)=O)cc1.Cl. The molecule has 0 aliphatic carbocycles. The summed E-state index contributed by atoms with van der Waals surface area (Å²) in [5.74, 6) is -0.170. The van der Waals surface area contributed by atoms with E-state index in [4.69, 9.17) is 5.73 Å². The summed E-state index contributed by atoms with van der Waals surface area (Å²) >= 11 is 0. The molecule has 2 unspecified atom stereocenters. The van der Waals surface area contributed by atoms with Gasteiger partial charge in [-0.15, -0.1) is 12.4 Å². The van der Waals surface area contributed by atoms with Crippen LogP contribution in [0, 0.1) is 5.92 Å². The molecule has 20 heavy (non-hydrogen) atoms. The Morgan fingerprint density at radius 1 is 1.25 bits per heavy atom. The number of benzene rings is 1. The molecule has 2 amide bonds. The summed E-state index contributed by atoms with van der Waals surface area (Å²) in [5.41, 5.74) is 6.12. The molecule has 0 radical (unpaired) electrons. The molecule has 0 aromatic heterocycles. The molecule has 5 nitrogen and oxygen atoms in total. The van der Waals surface area contributed by atoms with Crippen LogP contribution < -0.4 is 16.4 Å². The highest BCUT2D eigenvalue weighted by Crippen LogP contribution is 2.12. The van der Waals surface area contributed by atoms with Crippen molar-refractivity contribution in [2.75, 3.05) is 13.1 Å². The van der Waals surface area contributed by atoms with Gasteiger partial charge in [0.15, 0.2) is 0 Å². The fraction of sp³-hybridized carbons (Fsp3) is 0.429. The van der Waals surface area contributed by atoms with Crippen molar-refractivity contribution in [3.63, 3.8) is 0 Å². The Hall–Kier alpha value is -1.59. The molecular weight excluding hydrogens is 278 g/mol. The monoisotopic (exact) mass is 297 g/mol. The third kappa shape index (κ3) is 3.95. The van der Waals surface area contributed by atoms with E-state index < -0.39 is 5.91 Å². The van der Waals surface area contributed by atoms with E-state index in [9.17, 15) is 9.59 Å². The lowest BCUT2D eigenvalue weighted by molar-refractivity contribution is 0.0912. The molecule has 1 aromatic rings. The van der Waals surface area contributed by atoms with E-state index in [-0.39, 0.29) is 24.4 Å². The van der Waals surface area contributed by atoms with E-state index in [0.717, 1.165) is 19.5 Å². The van der Waals surface area contributed by atoms with Crippen LogP contribution in [-0.4, -0.2) is 30.9 Å². The number of primary amides is 1. The second kappa shape index (κ2) is 7.26. The molecule has 110 valence electrons. The molecule has 0 spiro atoms. The quantitative estimate of drug-likeness (QED) is 0.776. The molecule has 1 saturated heterocycles. The van der Waals surface area contributed by atoms with Crippen LogP contribution in [0.3, 0.4) is 0 Å². The van der Waals surface area contributed by atoms with Crippen LogP contribution in [0.5, 0.6) is 0 Å². The van der Waals surface area contributed by atoms with Gasteiger partial charge in [-0.25, -0.2) is 0 Å². The van der Waals surface area contributed by atoms with E-state index in [0.29, 0.717) is 17.0 Å². The number of carbonyl (C=O) groups excluding carboxylic acids is 2. The Kier molecular flexibility index (Phi) is 5.98. The standard InChI is InChI=1S/C14H19N3O2.ClH/c1-9-8-16-7-6-12(9)17-14(19)11-4-2-10(3-5-11)13(15)18;/h2-5,9,12,16H,6-8H2,1H3,(H2,15,18)(H,17,19);1H. The Balaban J connectivity index is 0.00000200. The van der Waals surface area contributed by atoms with Crippen molar-refractivity contribution < 1.29 is 9.59 Å². The molecule has 2 atom stereocenters. The molecule has 4 N–H and O–H groups in total. The molecule has 1 fully saturated rings. The summed E-state index contributed by atoms with van der Waals surface area (Å²) in [6.45, 7) is 3.97. The number of hydrogen-bond acceptors (Lipinski definition) is 3. The predicted octanol–water partition coefficient (Wildman–Crippen LogP) is 0.935. The first-order valence-electron chi connectivity index (χ1n) is 6.49. The van der Waals surface area contributed by atoms with Gasteiger partial charge in [-0.2, -0.15) is 0 Å². The Morgan fingerprint density at radius 3 is 2.40 bits per heavy atom. The average molecular weight is 298 g/mol. The number of carbonyl (C=O) groups is 2. The van der Waals surface area contributed by atoms with Crippen LogP contribution in [0.2, 0.25) is 0 Å². The van der Waals surface area contributed by atoms with E-state index >= 15 is 0 Å². The summed E-state index contributed by atoms with van der Waals surface area (Å²) in [6.07, 6.45) is 0.937. The maximum Gasteiger partial charge on any atom is 0.251 e. The number of nitrogens with two attached hydrogens (primary N) is 1. The lowest BCUT2D eigenvalue weighted by Crippen LogP contribution is -2.48. The fourth-order valence-electron chi connectivity index (χ4n) is 2.27. The third-order valence-electron chi connectivity index (χ3n) is 3.53. The van der Waals surface area contributed by atoms with Crippen LogP contribution in [0.15, 0.2) is 24.3 Å². The first-order valence-corrected chi connectivity index (χ1v) is 6.49. The predicted molar refractivity (Wildman–Crippen MR) is 80.1 cm³/mol. The molecule has 1 aliphatic heterocycles. The van der Waals surface area contributed by atoms with Crippen LogP contribution in [0.25, 0.3) is 0 Å². The van der Waals surface area contributed by atoms with Crippen molar-refractivity contribution in [2.45, 2.75) is 19.4 Å². The summed E-state index contributed by atoms with van der Waals surface area (Å²) in [7, 11) is 0. The Bertz CT molecular complexity index is 476. The van der Waals surface area contributed by atoms with Crippen LogP contribution >= 0.6 is 12.4 Å². The topological polar surface area (TPSA) is 84.2 Å². The molecule has 1 heterocycles. The van der Waals surface area contributed by atoms with E-state index in [1.165, 1.54) is 0 Å². The van der Waals surface area contributed by atoms with Gasteiger partial charge in [0.25, 0.3) is 5.91 Å². The Morgan fingerprint density at radius 2 is 1.85 bits per heavy atom. The Labute approximate surface area is 124 Å². The zero-order chi connectivity index (χ0) is 13.8. The van der Waals surface area contributed by atoms with Crippen molar-refractivity contribution in [3.05, 3.63) is 35.4 Å². The summed E-state index contributed by atoms with van der Waals surface area (Å²) in [6, 6.07) is 6.60. The molecule has 1 aromatic carbocycles. The van der Waals surface area contributed by atoms with Crippen LogP contribution in [-0.2, 0) is 0 Å². The number of halogens is 1. The second-order valence-corrected chi connectivity index (χ2v) is 4.99. The largest absolute Gasteiger partial charge is 0.366 e. The molecule has 0 saturated carbocycles. The molecule has 0 bridgehead atoms. The summed E-state index contributed by atoms with van der Waals surface area (Å²) in [4.78, 5) is 23.0. The van der Waals surface area contributed by atoms with Gasteiger partial charge in [0.2, 0.25) is 5.91 Å². The summed E-state index contributed by atoms with van der Waals surface area (Å²) in [5, 5.41) is 6.33. The van der Waals surface area contributed by atoms with E-state index in [2.05, 4.69) is 17.6 Å². The summed E-state index contributed by atoms with van der Waals surface area (Å²) < 4.78 is 0. The fourth-order valence-corrected chi connectivity index (χ4v) is 2.27. The van der Waals surface area contributed by atoms with E-state index in [1.54, 1.807) is 24.3 Å². The van der Waals surface area contributed by atoms with Crippen molar-refractivity contribution in [3.8, 4) is 0 Å². The zero-order valence-corrected chi connectivity index (χ0v) is 12.2. The van der Waals surface area contributed by atoms with Gasteiger partial charge in [-0.3, -0.25) is 9.59 Å². The van der Waals surface area contributed by atoms with Gasteiger partial charge in [-0.05, 0) is 49.7 Å². The lowest BCUT2D eigenvalue weighted by Gasteiger charge is -2.30. The third-order valence-corrected chi connectivity index (χ3v) is 3.53. The highest BCUT2D eigenvalue weighted by atomic mass is 35.5. The highest BCUT2D eigenvalue weighted by molar-refractivity contribution is 5.97. The van der Waals surface area contributed by atoms with Crippen molar-refractivity contribution in [1.82, 2.24) is 10.6 Å². The number of nitrogens with one attached hydrogen (secondary N) is 2. The molecule has 6 heteroatoms. The maximum absolute atomic E-state index is 12.1. The van der Waals surface area contributed by atoms with Crippen molar-refractivity contribution in [1.29, 1.82) is 0 Å². The smallest absolute Gasteiger partial charge is 0.251 e. The minimum absolute atomic E-state index is 0. The van der Waals surface area contributed by atoms with Crippen LogP contribution in [0.4, 0.5) is 0 Å². The van der Waals surface area contributed by atoms with Gasteiger partial charge in [0, 0.05) is 17.2 Å². The average Bonchev–Trinajstić information content (AvgIpc) is 2.41. The normalized spacial score (nSPS) is 21.6. The minimum Gasteiger partial charge on any atom is -0.366 e. The number of hydrogen-bond donors (Lipinski definition) is 3. The first kappa shape index (κ1) is 16.5. The molecule has 1 aliphatic rings. The zero-order valence-electron chi connectivity index (χ0n) is 11.4. The first-order chi connectivity index (χ1) is 9.08. The van der Waals surface area contributed by atoms with Crippen LogP contribution in [0.1, 0.15) is 34.1 Å². The number of rotatable bonds is 3.